The molecule has 0 unspecified atom stereocenters. The van der Waals surface area contributed by atoms with E-state index in [9.17, 15) is 5.11 Å². The van der Waals surface area contributed by atoms with Crippen LogP contribution in [-0.2, 0) is 0 Å². The van der Waals surface area contributed by atoms with Crippen LogP contribution >= 0.6 is 0 Å². The van der Waals surface area contributed by atoms with Crippen LogP contribution in [0.5, 0.6) is 0 Å². The van der Waals surface area contributed by atoms with Gasteiger partial charge in [0.2, 0.25) is 0 Å². The fraction of sp³-hybridized carbons (Fsp3) is 1.00. The van der Waals surface area contributed by atoms with Crippen LogP contribution in [0.2, 0.25) is 0 Å². The van der Waals surface area contributed by atoms with Crippen LogP contribution in [0.3, 0.4) is 0 Å². The van der Waals surface area contributed by atoms with E-state index >= 15 is 0 Å². The summed E-state index contributed by atoms with van der Waals surface area (Å²) in [4.78, 5) is 0. The van der Waals surface area contributed by atoms with Crippen molar-refractivity contribution in [3.63, 3.8) is 0 Å². The minimum absolute atomic E-state index is 0.304. The Morgan fingerprint density at radius 3 is 1.69 bits per heavy atom. The topological polar surface area (TPSA) is 20.2 Å². The number of rotatable bonds is 4. The van der Waals surface area contributed by atoms with Crippen molar-refractivity contribution in [2.45, 2.75) is 66.4 Å². The molecule has 80 valence electrons. The number of hydrogen-bond acceptors (Lipinski definition) is 1. The van der Waals surface area contributed by atoms with Crippen LogP contribution in [0.4, 0.5) is 0 Å². The highest BCUT2D eigenvalue weighted by Gasteiger charge is 2.30. The lowest BCUT2D eigenvalue weighted by atomic mass is 9.74. The molecule has 1 heteroatoms. The van der Waals surface area contributed by atoms with Gasteiger partial charge in [-0.3, -0.25) is 0 Å². The first-order chi connectivity index (χ1) is 5.75. The van der Waals surface area contributed by atoms with Crippen molar-refractivity contribution in [3.8, 4) is 0 Å². The number of aliphatic hydroxyl groups is 1. The lowest BCUT2D eigenvalue weighted by Gasteiger charge is -2.35. The predicted molar refractivity (Wildman–Crippen MR) is 58.8 cm³/mol. The molecule has 0 fully saturated rings. The highest BCUT2D eigenvalue weighted by molar-refractivity contribution is 4.82. The van der Waals surface area contributed by atoms with E-state index in [4.69, 9.17) is 0 Å². The third-order valence-electron chi connectivity index (χ3n) is 3.48. The van der Waals surface area contributed by atoms with Gasteiger partial charge >= 0.3 is 0 Å². The molecule has 0 spiro atoms. The van der Waals surface area contributed by atoms with E-state index in [2.05, 4.69) is 41.5 Å². The molecule has 0 rings (SSSR count). The highest BCUT2D eigenvalue weighted by atomic mass is 16.3. The summed E-state index contributed by atoms with van der Waals surface area (Å²) in [7, 11) is 0. The Morgan fingerprint density at radius 2 is 1.46 bits per heavy atom. The Kier molecular flexibility index (Phi) is 4.44. The third kappa shape index (κ3) is 4.12. The molecule has 1 nitrogen and oxygen atoms in total. The second-order valence-corrected chi connectivity index (χ2v) is 5.40. The van der Waals surface area contributed by atoms with Crippen molar-refractivity contribution in [1.82, 2.24) is 0 Å². The lowest BCUT2D eigenvalue weighted by molar-refractivity contribution is -0.00587. The summed E-state index contributed by atoms with van der Waals surface area (Å²) in [6.07, 6.45) is 2.65. The van der Waals surface area contributed by atoms with Gasteiger partial charge in [0, 0.05) is 0 Å². The van der Waals surface area contributed by atoms with Crippen molar-refractivity contribution >= 4 is 0 Å². The van der Waals surface area contributed by atoms with Crippen LogP contribution < -0.4 is 0 Å². The minimum atomic E-state index is -0.438. The van der Waals surface area contributed by atoms with Crippen molar-refractivity contribution in [2.24, 2.45) is 11.3 Å². The summed E-state index contributed by atoms with van der Waals surface area (Å²) >= 11 is 0. The second-order valence-electron chi connectivity index (χ2n) is 5.40. The maximum Gasteiger partial charge on any atom is 0.0645 e. The summed E-state index contributed by atoms with van der Waals surface area (Å²) in [5, 5.41) is 10.2. The summed E-state index contributed by atoms with van der Waals surface area (Å²) in [5.74, 6) is 0.567. The Balaban J connectivity index is 4.25. The van der Waals surface area contributed by atoms with E-state index in [1.807, 2.05) is 0 Å². The van der Waals surface area contributed by atoms with E-state index < -0.39 is 5.60 Å². The van der Waals surface area contributed by atoms with E-state index in [-0.39, 0.29) is 0 Å². The molecule has 0 radical (unpaired) electrons. The van der Waals surface area contributed by atoms with Gasteiger partial charge in [-0.2, -0.15) is 0 Å². The SMILES string of the molecule is CCC(O)(CC)C[C@@H](C)C(C)(C)C. The average molecular weight is 186 g/mol. The molecule has 0 aliphatic heterocycles. The molecule has 0 aliphatic carbocycles. The molecule has 0 saturated carbocycles. The lowest BCUT2D eigenvalue weighted by Crippen LogP contribution is -2.33. The van der Waals surface area contributed by atoms with E-state index in [0.29, 0.717) is 11.3 Å². The van der Waals surface area contributed by atoms with Crippen molar-refractivity contribution in [2.75, 3.05) is 0 Å². The molecule has 13 heavy (non-hydrogen) atoms. The highest BCUT2D eigenvalue weighted by Crippen LogP contribution is 2.34. The fourth-order valence-corrected chi connectivity index (χ4v) is 1.41. The van der Waals surface area contributed by atoms with Crippen LogP contribution in [0.1, 0.15) is 60.8 Å². The zero-order valence-corrected chi connectivity index (χ0v) is 10.1. The van der Waals surface area contributed by atoms with Gasteiger partial charge < -0.3 is 5.11 Å². The standard InChI is InChI=1S/C12H26O/c1-7-12(13,8-2)9-10(3)11(4,5)6/h10,13H,7-9H2,1-6H3/t10-/m1/s1. The van der Waals surface area contributed by atoms with E-state index in [1.165, 1.54) is 0 Å². The zero-order chi connectivity index (χ0) is 10.7. The van der Waals surface area contributed by atoms with E-state index in [1.54, 1.807) is 0 Å². The van der Waals surface area contributed by atoms with Gasteiger partial charge in [0.25, 0.3) is 0 Å². The van der Waals surface area contributed by atoms with Gasteiger partial charge in [0.15, 0.2) is 0 Å². The third-order valence-corrected chi connectivity index (χ3v) is 3.48. The first kappa shape index (κ1) is 13.0. The van der Waals surface area contributed by atoms with Crippen molar-refractivity contribution < 1.29 is 5.11 Å². The maximum absolute atomic E-state index is 10.2. The minimum Gasteiger partial charge on any atom is -0.390 e. The van der Waals surface area contributed by atoms with Crippen molar-refractivity contribution in [3.05, 3.63) is 0 Å². The zero-order valence-electron chi connectivity index (χ0n) is 10.1. The molecule has 1 atom stereocenters. The van der Waals surface area contributed by atoms with Gasteiger partial charge in [-0.1, -0.05) is 41.5 Å². The first-order valence-electron chi connectivity index (χ1n) is 5.47. The van der Waals surface area contributed by atoms with Gasteiger partial charge in [0.1, 0.15) is 0 Å². The van der Waals surface area contributed by atoms with E-state index in [0.717, 1.165) is 19.3 Å². The Labute approximate surface area is 83.5 Å². The molecule has 0 aromatic rings. The molecule has 0 saturated heterocycles. The Morgan fingerprint density at radius 1 is 1.08 bits per heavy atom. The van der Waals surface area contributed by atoms with Gasteiger partial charge in [-0.15, -0.1) is 0 Å². The van der Waals surface area contributed by atoms with Crippen LogP contribution in [0, 0.1) is 11.3 Å². The molecule has 1 N–H and O–H groups in total. The summed E-state index contributed by atoms with van der Waals surface area (Å²) < 4.78 is 0. The maximum atomic E-state index is 10.2. The first-order valence-corrected chi connectivity index (χ1v) is 5.47. The molecular formula is C12H26O. The molecular weight excluding hydrogens is 160 g/mol. The fourth-order valence-electron chi connectivity index (χ4n) is 1.41. The summed E-state index contributed by atoms with van der Waals surface area (Å²) in [5.41, 5.74) is -0.134. The molecule has 0 aromatic carbocycles. The largest absolute Gasteiger partial charge is 0.390 e. The Bertz CT molecular complexity index is 140. The van der Waals surface area contributed by atoms with Crippen molar-refractivity contribution in [1.29, 1.82) is 0 Å². The predicted octanol–water partition coefficient (Wildman–Crippen LogP) is 3.61. The van der Waals surface area contributed by atoms with Gasteiger partial charge in [-0.25, -0.2) is 0 Å². The number of hydrogen-bond donors (Lipinski definition) is 1. The average Bonchev–Trinajstić information content (AvgIpc) is 2.02. The van der Waals surface area contributed by atoms with Crippen LogP contribution in [0.25, 0.3) is 0 Å². The molecule has 0 aromatic heterocycles. The van der Waals surface area contributed by atoms with Crippen LogP contribution in [-0.4, -0.2) is 10.7 Å². The van der Waals surface area contributed by atoms with Crippen LogP contribution in [0.15, 0.2) is 0 Å². The normalized spacial score (nSPS) is 15.9. The van der Waals surface area contributed by atoms with Gasteiger partial charge in [0.05, 0.1) is 5.60 Å². The quantitative estimate of drug-likeness (QED) is 0.711. The monoisotopic (exact) mass is 186 g/mol. The molecule has 0 amide bonds. The molecule has 0 bridgehead atoms. The molecule has 0 aliphatic rings. The smallest absolute Gasteiger partial charge is 0.0645 e. The molecule has 0 heterocycles. The van der Waals surface area contributed by atoms with Gasteiger partial charge in [-0.05, 0) is 30.6 Å². The Hall–Kier alpha value is -0.0400. The summed E-state index contributed by atoms with van der Waals surface area (Å²) in [6.45, 7) is 13.1. The summed E-state index contributed by atoms with van der Waals surface area (Å²) in [6, 6.07) is 0. The second kappa shape index (κ2) is 4.45.